The van der Waals surface area contributed by atoms with E-state index in [-0.39, 0.29) is 12.0 Å². The lowest BCUT2D eigenvalue weighted by Gasteiger charge is -2.22. The first-order chi connectivity index (χ1) is 10.2. The summed E-state index contributed by atoms with van der Waals surface area (Å²) < 4.78 is 10.7. The summed E-state index contributed by atoms with van der Waals surface area (Å²) in [5, 5.41) is 0. The van der Waals surface area contributed by atoms with Gasteiger partial charge in [0.15, 0.2) is 0 Å². The maximum atomic E-state index is 12.2. The van der Waals surface area contributed by atoms with Gasteiger partial charge in [0.25, 0.3) is 0 Å². The molecule has 1 amide bonds. The standard InChI is InChI=1S/C17H23NO3/c1-3-18(13-16-5-4-12-21-16)17(19)11-8-14-6-9-15(20-2)10-7-14/h6-11,16H,3-5,12-13H2,1-2H3. The molecular weight excluding hydrogens is 266 g/mol. The molecule has 1 aliphatic rings. The first-order valence-corrected chi connectivity index (χ1v) is 7.45. The van der Waals surface area contributed by atoms with Crippen LogP contribution in [0.25, 0.3) is 6.08 Å². The summed E-state index contributed by atoms with van der Waals surface area (Å²) in [6, 6.07) is 7.63. The minimum absolute atomic E-state index is 0.0313. The van der Waals surface area contributed by atoms with Crippen molar-refractivity contribution in [3.63, 3.8) is 0 Å². The second-order valence-corrected chi connectivity index (χ2v) is 5.12. The molecule has 4 heteroatoms. The Morgan fingerprint density at radius 1 is 1.43 bits per heavy atom. The Bertz CT molecular complexity index is 475. The van der Waals surface area contributed by atoms with Gasteiger partial charge in [0.05, 0.1) is 13.2 Å². The molecule has 1 saturated heterocycles. The number of benzene rings is 1. The zero-order chi connectivity index (χ0) is 15.1. The topological polar surface area (TPSA) is 38.8 Å². The molecule has 0 saturated carbocycles. The largest absolute Gasteiger partial charge is 0.497 e. The molecule has 1 aliphatic heterocycles. The summed E-state index contributed by atoms with van der Waals surface area (Å²) in [6.07, 6.45) is 5.80. The quantitative estimate of drug-likeness (QED) is 0.756. The van der Waals surface area contributed by atoms with E-state index in [4.69, 9.17) is 9.47 Å². The van der Waals surface area contributed by atoms with Crippen molar-refractivity contribution in [1.29, 1.82) is 0 Å². The summed E-state index contributed by atoms with van der Waals surface area (Å²) in [5.41, 5.74) is 0.984. The van der Waals surface area contributed by atoms with E-state index in [1.54, 1.807) is 13.2 Å². The molecule has 0 radical (unpaired) electrons. The second-order valence-electron chi connectivity index (χ2n) is 5.12. The molecular formula is C17H23NO3. The van der Waals surface area contributed by atoms with Crippen molar-refractivity contribution in [2.45, 2.75) is 25.9 Å². The van der Waals surface area contributed by atoms with E-state index in [0.29, 0.717) is 13.1 Å². The van der Waals surface area contributed by atoms with Crippen LogP contribution in [-0.4, -0.2) is 43.7 Å². The highest BCUT2D eigenvalue weighted by molar-refractivity contribution is 5.91. The van der Waals surface area contributed by atoms with Crippen molar-refractivity contribution < 1.29 is 14.3 Å². The van der Waals surface area contributed by atoms with Crippen molar-refractivity contribution in [2.75, 3.05) is 26.8 Å². The fourth-order valence-electron chi connectivity index (χ4n) is 2.40. The highest BCUT2D eigenvalue weighted by Gasteiger charge is 2.20. The Balaban J connectivity index is 1.92. The van der Waals surface area contributed by atoms with Crippen LogP contribution < -0.4 is 4.74 Å². The Kier molecular flexibility index (Phi) is 5.81. The lowest BCUT2D eigenvalue weighted by atomic mass is 10.2. The van der Waals surface area contributed by atoms with Crippen molar-refractivity contribution >= 4 is 12.0 Å². The van der Waals surface area contributed by atoms with E-state index < -0.39 is 0 Å². The first-order valence-electron chi connectivity index (χ1n) is 7.45. The summed E-state index contributed by atoms with van der Waals surface area (Å²) in [4.78, 5) is 14.0. The molecule has 1 aromatic rings. The SMILES string of the molecule is CCN(CC1CCCO1)C(=O)C=Cc1ccc(OC)cc1. The van der Waals surface area contributed by atoms with Crippen LogP contribution in [0.15, 0.2) is 30.3 Å². The van der Waals surface area contributed by atoms with E-state index in [1.165, 1.54) is 0 Å². The van der Waals surface area contributed by atoms with Crippen molar-refractivity contribution in [3.8, 4) is 5.75 Å². The Hall–Kier alpha value is -1.81. The van der Waals surface area contributed by atoms with Gasteiger partial charge < -0.3 is 14.4 Å². The van der Waals surface area contributed by atoms with Gasteiger partial charge in [-0.1, -0.05) is 12.1 Å². The van der Waals surface area contributed by atoms with Crippen LogP contribution in [-0.2, 0) is 9.53 Å². The van der Waals surface area contributed by atoms with Crippen LogP contribution in [0.2, 0.25) is 0 Å². The molecule has 0 aromatic heterocycles. The third kappa shape index (κ3) is 4.60. The number of hydrogen-bond acceptors (Lipinski definition) is 3. The summed E-state index contributed by atoms with van der Waals surface area (Å²) in [5.74, 6) is 0.843. The number of nitrogens with zero attached hydrogens (tertiary/aromatic N) is 1. The predicted octanol–water partition coefficient (Wildman–Crippen LogP) is 2.74. The summed E-state index contributed by atoms with van der Waals surface area (Å²) >= 11 is 0. The molecule has 2 rings (SSSR count). The average molecular weight is 289 g/mol. The number of ether oxygens (including phenoxy) is 2. The normalized spacial score (nSPS) is 18.1. The Morgan fingerprint density at radius 3 is 2.76 bits per heavy atom. The number of likely N-dealkylation sites (N-methyl/N-ethyl adjacent to an activating group) is 1. The molecule has 0 N–H and O–H groups in total. The van der Waals surface area contributed by atoms with Gasteiger partial charge in [-0.3, -0.25) is 4.79 Å². The molecule has 1 unspecified atom stereocenters. The van der Waals surface area contributed by atoms with Crippen LogP contribution >= 0.6 is 0 Å². The third-order valence-corrected chi connectivity index (χ3v) is 3.68. The first kappa shape index (κ1) is 15.6. The molecule has 1 heterocycles. The van der Waals surface area contributed by atoms with Gasteiger partial charge in [-0.25, -0.2) is 0 Å². The zero-order valence-electron chi connectivity index (χ0n) is 12.7. The molecule has 21 heavy (non-hydrogen) atoms. The lowest BCUT2D eigenvalue weighted by Crippen LogP contribution is -2.36. The van der Waals surface area contributed by atoms with Crippen molar-refractivity contribution in [3.05, 3.63) is 35.9 Å². The molecule has 4 nitrogen and oxygen atoms in total. The molecule has 1 fully saturated rings. The number of carbonyl (C=O) groups excluding carboxylic acids is 1. The highest BCUT2D eigenvalue weighted by atomic mass is 16.5. The van der Waals surface area contributed by atoms with E-state index >= 15 is 0 Å². The van der Waals surface area contributed by atoms with Crippen molar-refractivity contribution in [1.82, 2.24) is 4.90 Å². The Labute approximate surface area is 126 Å². The maximum absolute atomic E-state index is 12.2. The van der Waals surface area contributed by atoms with Crippen LogP contribution in [0.5, 0.6) is 5.75 Å². The second kappa shape index (κ2) is 7.84. The van der Waals surface area contributed by atoms with Gasteiger partial charge in [0.2, 0.25) is 5.91 Å². The van der Waals surface area contributed by atoms with Gasteiger partial charge in [-0.2, -0.15) is 0 Å². The lowest BCUT2D eigenvalue weighted by molar-refractivity contribution is -0.127. The minimum Gasteiger partial charge on any atom is -0.497 e. The van der Waals surface area contributed by atoms with Crippen LogP contribution in [0.4, 0.5) is 0 Å². The summed E-state index contributed by atoms with van der Waals surface area (Å²) in [6.45, 7) is 4.19. The Morgan fingerprint density at radius 2 is 2.19 bits per heavy atom. The minimum atomic E-state index is 0.0313. The third-order valence-electron chi connectivity index (χ3n) is 3.68. The zero-order valence-corrected chi connectivity index (χ0v) is 12.7. The number of hydrogen-bond donors (Lipinski definition) is 0. The smallest absolute Gasteiger partial charge is 0.246 e. The van der Waals surface area contributed by atoms with Gasteiger partial charge >= 0.3 is 0 Å². The van der Waals surface area contributed by atoms with Crippen LogP contribution in [0.3, 0.4) is 0 Å². The number of methoxy groups -OCH3 is 1. The molecule has 114 valence electrons. The van der Waals surface area contributed by atoms with E-state index in [1.807, 2.05) is 42.2 Å². The van der Waals surface area contributed by atoms with Crippen molar-refractivity contribution in [2.24, 2.45) is 0 Å². The van der Waals surface area contributed by atoms with E-state index in [0.717, 1.165) is 30.8 Å². The molecule has 1 aromatic carbocycles. The van der Waals surface area contributed by atoms with E-state index in [9.17, 15) is 4.79 Å². The summed E-state index contributed by atoms with van der Waals surface area (Å²) in [7, 11) is 1.64. The molecule has 0 bridgehead atoms. The van der Waals surface area contributed by atoms with E-state index in [2.05, 4.69) is 0 Å². The number of carbonyl (C=O) groups is 1. The molecule has 0 spiro atoms. The van der Waals surface area contributed by atoms with Gasteiger partial charge in [-0.15, -0.1) is 0 Å². The average Bonchev–Trinajstić information content (AvgIpc) is 3.03. The van der Waals surface area contributed by atoms with Gasteiger partial charge in [-0.05, 0) is 43.5 Å². The number of rotatable bonds is 6. The van der Waals surface area contributed by atoms with Gasteiger partial charge in [0, 0.05) is 25.8 Å². The van der Waals surface area contributed by atoms with Gasteiger partial charge in [0.1, 0.15) is 5.75 Å². The number of amides is 1. The predicted molar refractivity (Wildman–Crippen MR) is 83.3 cm³/mol. The van der Waals surface area contributed by atoms with Crippen LogP contribution in [0, 0.1) is 0 Å². The van der Waals surface area contributed by atoms with Crippen LogP contribution in [0.1, 0.15) is 25.3 Å². The maximum Gasteiger partial charge on any atom is 0.246 e. The highest BCUT2D eigenvalue weighted by Crippen LogP contribution is 2.14. The molecule has 0 aliphatic carbocycles. The molecule has 1 atom stereocenters. The fourth-order valence-corrected chi connectivity index (χ4v) is 2.40. The monoisotopic (exact) mass is 289 g/mol. The fraction of sp³-hybridized carbons (Fsp3) is 0.471.